The normalized spacial score (nSPS) is 12.2. The van der Waals surface area contributed by atoms with E-state index >= 15 is 0 Å². The third kappa shape index (κ3) is 6.60. The fourth-order valence-corrected chi connectivity index (χ4v) is 2.67. The van der Waals surface area contributed by atoms with Crippen LogP contribution in [-0.2, 0) is 6.42 Å². The van der Waals surface area contributed by atoms with Crippen LogP contribution in [0, 0.1) is 0 Å². The molecule has 4 heteroatoms. The van der Waals surface area contributed by atoms with E-state index < -0.39 is 0 Å². The first kappa shape index (κ1) is 20.8. The number of hydrogen-bond acceptors (Lipinski definition) is 4. The molecular formula is C26H24N4. The molecular weight excluding hydrogens is 368 g/mol. The van der Waals surface area contributed by atoms with Crippen LogP contribution in [0.2, 0.25) is 0 Å². The van der Waals surface area contributed by atoms with Gasteiger partial charge in [0.25, 0.3) is 0 Å². The van der Waals surface area contributed by atoms with Crippen LogP contribution in [0.5, 0.6) is 0 Å². The highest BCUT2D eigenvalue weighted by molar-refractivity contribution is 6.36. The maximum Gasteiger partial charge on any atom is 0.0812 e. The van der Waals surface area contributed by atoms with Gasteiger partial charge in [-0.1, -0.05) is 43.0 Å². The van der Waals surface area contributed by atoms with Gasteiger partial charge in [0.1, 0.15) is 0 Å². The van der Waals surface area contributed by atoms with Crippen molar-refractivity contribution in [2.45, 2.75) is 13.3 Å². The Morgan fingerprint density at radius 3 is 2.13 bits per heavy atom. The molecule has 0 bridgehead atoms. The molecule has 4 nitrogen and oxygen atoms in total. The van der Waals surface area contributed by atoms with Crippen LogP contribution in [0.1, 0.15) is 23.7 Å². The number of aliphatic imine (C=N–C) groups is 3. The zero-order valence-electron chi connectivity index (χ0n) is 17.0. The highest BCUT2D eigenvalue weighted by atomic mass is 14.8. The Hall–Kier alpha value is -3.92. The molecule has 0 atom stereocenters. The van der Waals surface area contributed by atoms with Gasteiger partial charge in [-0.3, -0.25) is 20.0 Å². The number of benzene rings is 2. The minimum atomic E-state index is 0.725. The van der Waals surface area contributed by atoms with Crippen molar-refractivity contribution in [2.75, 3.05) is 0 Å². The fraction of sp³-hybridized carbons (Fsp3) is 0.0769. The van der Waals surface area contributed by atoms with Crippen LogP contribution in [0.15, 0.2) is 113 Å². The summed E-state index contributed by atoms with van der Waals surface area (Å²) in [4.78, 5) is 17.4. The highest BCUT2D eigenvalue weighted by Crippen LogP contribution is 2.18. The first-order valence-electron chi connectivity index (χ1n) is 9.75. The molecule has 0 unspecified atom stereocenters. The standard InChI is InChI=1S/C26H24N4/c1-3-16-27-23(4-2)19-29-24-12-8-21(9-13-24)18-22-10-14-25(15-11-22)30-20-26-7-5-6-17-28-26/h3-17,19-20H,2,18H2,1H3/b16-3-,27-23?,29-19?,30-20?. The number of nitrogens with zero attached hydrogens (tertiary/aromatic N) is 4. The molecule has 1 heterocycles. The molecule has 0 saturated carbocycles. The molecule has 30 heavy (non-hydrogen) atoms. The summed E-state index contributed by atoms with van der Waals surface area (Å²) in [5.74, 6) is 0. The van der Waals surface area contributed by atoms with Crippen LogP contribution < -0.4 is 0 Å². The van der Waals surface area contributed by atoms with E-state index in [1.54, 1.807) is 30.9 Å². The molecule has 0 radical (unpaired) electrons. The molecule has 0 aliphatic heterocycles. The second-order valence-corrected chi connectivity index (χ2v) is 6.52. The molecule has 0 aliphatic rings. The van der Waals surface area contributed by atoms with Gasteiger partial charge < -0.3 is 0 Å². The van der Waals surface area contributed by atoms with Crippen molar-refractivity contribution in [1.82, 2.24) is 4.98 Å². The number of allylic oxidation sites excluding steroid dienone is 2. The molecule has 3 aromatic rings. The minimum Gasteiger partial charge on any atom is -0.256 e. The summed E-state index contributed by atoms with van der Waals surface area (Å²) in [6, 6.07) is 22.2. The zero-order chi connectivity index (χ0) is 21.0. The number of hydrogen-bond donors (Lipinski definition) is 0. The van der Waals surface area contributed by atoms with Crippen molar-refractivity contribution in [1.29, 1.82) is 0 Å². The second-order valence-electron chi connectivity index (χ2n) is 6.52. The van der Waals surface area contributed by atoms with Crippen LogP contribution >= 0.6 is 0 Å². The van der Waals surface area contributed by atoms with Crippen molar-refractivity contribution in [3.8, 4) is 0 Å². The van der Waals surface area contributed by atoms with Gasteiger partial charge in [0, 0.05) is 12.4 Å². The lowest BCUT2D eigenvalue weighted by molar-refractivity contribution is 1.19. The number of pyridine rings is 1. The van der Waals surface area contributed by atoms with E-state index in [0.29, 0.717) is 0 Å². The van der Waals surface area contributed by atoms with E-state index in [0.717, 1.165) is 29.2 Å². The quantitative estimate of drug-likeness (QED) is 0.416. The molecule has 0 N–H and O–H groups in total. The lowest BCUT2D eigenvalue weighted by Gasteiger charge is -2.03. The Balaban J connectivity index is 1.60. The van der Waals surface area contributed by atoms with E-state index in [-0.39, 0.29) is 0 Å². The van der Waals surface area contributed by atoms with Crippen LogP contribution in [0.4, 0.5) is 11.4 Å². The van der Waals surface area contributed by atoms with Crippen molar-refractivity contribution in [3.05, 3.63) is 115 Å². The van der Waals surface area contributed by atoms with Gasteiger partial charge in [0.15, 0.2) is 0 Å². The van der Waals surface area contributed by atoms with E-state index in [9.17, 15) is 0 Å². The third-order valence-electron chi connectivity index (χ3n) is 4.24. The van der Waals surface area contributed by atoms with Crippen molar-refractivity contribution >= 4 is 29.5 Å². The summed E-state index contributed by atoms with van der Waals surface area (Å²) in [6.45, 7) is 5.67. The van der Waals surface area contributed by atoms with E-state index in [1.165, 1.54) is 11.1 Å². The monoisotopic (exact) mass is 392 g/mol. The summed E-state index contributed by atoms with van der Waals surface area (Å²) < 4.78 is 0. The SMILES string of the molecule is C=CC(C=Nc1ccc(Cc2ccc(N=Cc3ccccn3)cc2)cc1)=N/C=C\C. The molecule has 0 aliphatic carbocycles. The molecule has 0 spiro atoms. The maximum atomic E-state index is 4.47. The van der Waals surface area contributed by atoms with Crippen molar-refractivity contribution in [3.63, 3.8) is 0 Å². The Kier molecular flexibility index (Phi) is 7.75. The van der Waals surface area contributed by atoms with E-state index in [4.69, 9.17) is 0 Å². The first-order chi connectivity index (χ1) is 14.8. The minimum absolute atomic E-state index is 0.725. The Morgan fingerprint density at radius 2 is 1.57 bits per heavy atom. The average Bonchev–Trinajstić information content (AvgIpc) is 2.80. The summed E-state index contributed by atoms with van der Waals surface area (Å²) in [7, 11) is 0. The van der Waals surface area contributed by atoms with E-state index in [2.05, 4.69) is 50.8 Å². The second kappa shape index (κ2) is 11.2. The van der Waals surface area contributed by atoms with Crippen LogP contribution in [0.25, 0.3) is 0 Å². The van der Waals surface area contributed by atoms with Gasteiger partial charge >= 0.3 is 0 Å². The summed E-state index contributed by atoms with van der Waals surface area (Å²) in [6.07, 6.45) is 11.4. The lowest BCUT2D eigenvalue weighted by Crippen LogP contribution is -1.92. The summed E-state index contributed by atoms with van der Waals surface area (Å²) in [5.41, 5.74) is 5.82. The maximum absolute atomic E-state index is 4.47. The average molecular weight is 393 g/mol. The van der Waals surface area contributed by atoms with Gasteiger partial charge in [-0.15, -0.1) is 0 Å². The topological polar surface area (TPSA) is 50.0 Å². The number of rotatable bonds is 8. The molecule has 1 aromatic heterocycles. The summed E-state index contributed by atoms with van der Waals surface area (Å²) >= 11 is 0. The van der Waals surface area contributed by atoms with Crippen molar-refractivity contribution < 1.29 is 0 Å². The Morgan fingerprint density at radius 1 is 0.900 bits per heavy atom. The smallest absolute Gasteiger partial charge is 0.0812 e. The molecule has 0 saturated heterocycles. The Bertz CT molecular complexity index is 1060. The predicted molar refractivity (Wildman–Crippen MR) is 128 cm³/mol. The van der Waals surface area contributed by atoms with Gasteiger partial charge in [-0.05, 0) is 66.9 Å². The lowest BCUT2D eigenvalue weighted by atomic mass is 10.0. The van der Waals surface area contributed by atoms with Gasteiger partial charge in [0.05, 0.1) is 35.2 Å². The largest absolute Gasteiger partial charge is 0.256 e. The highest BCUT2D eigenvalue weighted by Gasteiger charge is 1.98. The fourth-order valence-electron chi connectivity index (χ4n) is 2.67. The van der Waals surface area contributed by atoms with E-state index in [1.807, 2.05) is 55.5 Å². The molecule has 3 rings (SSSR count). The van der Waals surface area contributed by atoms with Gasteiger partial charge in [0.2, 0.25) is 0 Å². The van der Waals surface area contributed by atoms with Crippen LogP contribution in [0.3, 0.4) is 0 Å². The first-order valence-corrected chi connectivity index (χ1v) is 9.75. The predicted octanol–water partition coefficient (Wildman–Crippen LogP) is 6.29. The number of aromatic nitrogens is 1. The Labute approximate surface area is 177 Å². The van der Waals surface area contributed by atoms with Crippen LogP contribution in [-0.4, -0.2) is 23.1 Å². The van der Waals surface area contributed by atoms with Crippen molar-refractivity contribution in [2.24, 2.45) is 15.0 Å². The molecule has 0 fully saturated rings. The summed E-state index contributed by atoms with van der Waals surface area (Å²) in [5, 5.41) is 0. The zero-order valence-corrected chi connectivity index (χ0v) is 17.0. The molecule has 2 aromatic carbocycles. The third-order valence-corrected chi connectivity index (χ3v) is 4.24. The molecule has 0 amide bonds. The van der Waals surface area contributed by atoms with Gasteiger partial charge in [-0.2, -0.15) is 0 Å². The molecule has 148 valence electrons. The van der Waals surface area contributed by atoms with Gasteiger partial charge in [-0.25, -0.2) is 0 Å².